The molecule has 0 unspecified atom stereocenters. The van der Waals surface area contributed by atoms with Gasteiger partial charge in [-0.2, -0.15) is 0 Å². The minimum Gasteiger partial charge on any atom is -0.310 e. The average Bonchev–Trinajstić information content (AvgIpc) is 4.17. The molecule has 4 heterocycles. The topological polar surface area (TPSA) is 9.72 Å². The number of nitrogens with zero attached hydrogens (tertiary/aromatic N) is 3. The van der Waals surface area contributed by atoms with Gasteiger partial charge < -0.3 is 14.7 Å². The van der Waals surface area contributed by atoms with E-state index in [2.05, 4.69) is 289 Å². The van der Waals surface area contributed by atoms with Crippen LogP contribution in [0.15, 0.2) is 212 Å². The minimum absolute atomic E-state index is 0.0208. The van der Waals surface area contributed by atoms with Gasteiger partial charge in [-0.05, 0) is 144 Å². The molecule has 0 N–H and O–H groups in total. The van der Waals surface area contributed by atoms with Crippen molar-refractivity contribution in [1.82, 2.24) is 0 Å². The molecule has 0 bridgehead atoms. The van der Waals surface area contributed by atoms with Crippen LogP contribution < -0.4 is 30.4 Å². The summed E-state index contributed by atoms with van der Waals surface area (Å²) in [6.45, 7) is 20.8. The predicted molar refractivity (Wildman–Crippen MR) is 352 cm³/mol. The van der Waals surface area contributed by atoms with Crippen LogP contribution in [0, 0.1) is 0 Å². The maximum Gasteiger partial charge on any atom is 0.264 e. The smallest absolute Gasteiger partial charge is 0.264 e. The van der Waals surface area contributed by atoms with Crippen molar-refractivity contribution >= 4 is 159 Å². The third-order valence-electron chi connectivity index (χ3n) is 17.3. The summed E-state index contributed by atoms with van der Waals surface area (Å²) in [4.78, 5) is 7.78. The molecule has 2 aliphatic heterocycles. The second-order valence-corrected chi connectivity index (χ2v) is 27.4. The first kappa shape index (κ1) is 48.9. The first-order chi connectivity index (χ1) is 38.6. The Balaban J connectivity index is 1.04. The summed E-state index contributed by atoms with van der Waals surface area (Å²) < 4.78 is 5.28. The molecule has 13 aromatic rings. The van der Waals surface area contributed by atoms with Crippen LogP contribution in [0.4, 0.5) is 51.2 Å². The Labute approximate surface area is 478 Å². The lowest BCUT2D eigenvalue weighted by Gasteiger charge is -2.43. The van der Waals surface area contributed by atoms with Gasteiger partial charge in [-0.15, -0.1) is 22.7 Å². The van der Waals surface area contributed by atoms with Crippen molar-refractivity contribution in [3.63, 3.8) is 0 Å². The molecular weight excluding hydrogens is 1010 g/mol. The zero-order valence-corrected chi connectivity index (χ0v) is 48.6. The molecular formula is C74H62BN3S2. The molecule has 0 amide bonds. The molecule has 0 spiro atoms. The highest BCUT2D eigenvalue weighted by atomic mass is 32.1. The number of benzene rings is 11. The second-order valence-electron chi connectivity index (χ2n) is 25.3. The first-order valence-electron chi connectivity index (χ1n) is 28.3. The average molecular weight is 1070 g/mol. The van der Waals surface area contributed by atoms with E-state index < -0.39 is 0 Å². The summed E-state index contributed by atoms with van der Waals surface area (Å²) in [5, 5.41) is 11.5. The fourth-order valence-electron chi connectivity index (χ4n) is 13.1. The summed E-state index contributed by atoms with van der Waals surface area (Å²) in [5.41, 5.74) is 17.3. The molecule has 0 fully saturated rings. The lowest BCUT2D eigenvalue weighted by Crippen LogP contribution is -2.60. The van der Waals surface area contributed by atoms with Crippen molar-refractivity contribution in [3.8, 4) is 0 Å². The van der Waals surface area contributed by atoms with Crippen LogP contribution in [0.25, 0.3) is 62.6 Å². The predicted octanol–water partition coefficient (Wildman–Crippen LogP) is 20.2. The van der Waals surface area contributed by atoms with Gasteiger partial charge in [0.05, 0.1) is 21.8 Å². The third-order valence-corrected chi connectivity index (χ3v) is 19.8. The Kier molecular flexibility index (Phi) is 10.8. The summed E-state index contributed by atoms with van der Waals surface area (Å²) in [6, 6.07) is 81.3. The minimum atomic E-state index is -0.0499. The van der Waals surface area contributed by atoms with Gasteiger partial charge in [-0.1, -0.05) is 202 Å². The van der Waals surface area contributed by atoms with Gasteiger partial charge in [0.2, 0.25) is 0 Å². The number of hydrogen-bond acceptors (Lipinski definition) is 5. The number of thiophene rings is 2. The molecule has 0 radical (unpaired) electrons. The van der Waals surface area contributed by atoms with Gasteiger partial charge >= 0.3 is 0 Å². The largest absolute Gasteiger partial charge is 0.310 e. The van der Waals surface area contributed by atoms with Gasteiger partial charge in [0.1, 0.15) is 0 Å². The van der Waals surface area contributed by atoms with Gasteiger partial charge in [0, 0.05) is 69.8 Å². The molecule has 388 valence electrons. The monoisotopic (exact) mass is 1070 g/mol. The molecule has 0 saturated heterocycles. The van der Waals surface area contributed by atoms with Crippen LogP contribution >= 0.6 is 22.7 Å². The first-order valence-corrected chi connectivity index (χ1v) is 29.9. The van der Waals surface area contributed by atoms with Crippen LogP contribution in [-0.4, -0.2) is 6.71 Å². The molecule has 80 heavy (non-hydrogen) atoms. The van der Waals surface area contributed by atoms with Crippen molar-refractivity contribution in [2.45, 2.75) is 78.6 Å². The number of rotatable bonds is 5. The Morgan fingerprint density at radius 1 is 0.350 bits per heavy atom. The maximum absolute atomic E-state index is 2.67. The van der Waals surface area contributed by atoms with Crippen LogP contribution in [-0.2, 0) is 16.2 Å². The maximum atomic E-state index is 2.67. The fourth-order valence-corrected chi connectivity index (χ4v) is 15.7. The molecule has 15 rings (SSSR count). The highest BCUT2D eigenvalue weighted by Crippen LogP contribution is 2.53. The van der Waals surface area contributed by atoms with Crippen LogP contribution in [0.1, 0.15) is 79.0 Å². The fraction of sp³-hybridized carbons (Fsp3) is 0.162. The molecule has 0 atom stereocenters. The third kappa shape index (κ3) is 7.52. The standard InChI is InChI=1S/C74H62BN3S2/c1-72(2,3)47-29-34-50(35-30-47)76(51-36-31-48(32-37-51)73(4,5)6)52-38-40-60-65(44-52)77(63-27-16-24-57-58-39-28-45-18-10-13-21-54(45)69(58)80-70(57)63)61-25-17-26-62-67(61)75(60)71-68(59-43-49(74(7,8)9)33-41-66(59)79-71)78(62)64-42-46-19-11-12-20-53(46)55-22-14-15-23-56(55)64/h10-44H,1-9H3. The van der Waals surface area contributed by atoms with E-state index in [4.69, 9.17) is 0 Å². The van der Waals surface area contributed by atoms with E-state index in [1.165, 1.54) is 129 Å². The zero-order valence-electron chi connectivity index (χ0n) is 46.9. The van der Waals surface area contributed by atoms with E-state index in [1.54, 1.807) is 0 Å². The normalized spacial score (nSPS) is 13.5. The molecule has 11 aromatic carbocycles. The molecule has 0 aliphatic carbocycles. The van der Waals surface area contributed by atoms with E-state index in [-0.39, 0.29) is 23.0 Å². The van der Waals surface area contributed by atoms with E-state index >= 15 is 0 Å². The number of anilines is 9. The quantitative estimate of drug-likeness (QED) is 0.126. The van der Waals surface area contributed by atoms with Crippen molar-refractivity contribution in [2.24, 2.45) is 0 Å². The van der Waals surface area contributed by atoms with Gasteiger partial charge in [-0.25, -0.2) is 0 Å². The Hall–Kier alpha value is -8.16. The lowest BCUT2D eigenvalue weighted by molar-refractivity contribution is 0.590. The van der Waals surface area contributed by atoms with Crippen molar-refractivity contribution < 1.29 is 0 Å². The summed E-state index contributed by atoms with van der Waals surface area (Å²) in [7, 11) is 0. The van der Waals surface area contributed by atoms with Crippen LogP contribution in [0.5, 0.6) is 0 Å². The molecule has 2 aliphatic rings. The molecule has 6 heteroatoms. The van der Waals surface area contributed by atoms with E-state index in [1.807, 2.05) is 22.7 Å². The van der Waals surface area contributed by atoms with Crippen LogP contribution in [0.3, 0.4) is 0 Å². The number of hydrogen-bond donors (Lipinski definition) is 0. The lowest BCUT2D eigenvalue weighted by atomic mass is 9.36. The number of fused-ring (bicyclic) bond motifs is 14. The summed E-state index contributed by atoms with van der Waals surface area (Å²) >= 11 is 3.91. The van der Waals surface area contributed by atoms with Gasteiger partial charge in [0.25, 0.3) is 6.71 Å². The molecule has 0 saturated carbocycles. The van der Waals surface area contributed by atoms with Crippen molar-refractivity contribution in [3.05, 3.63) is 229 Å². The molecule has 2 aromatic heterocycles. The zero-order chi connectivity index (χ0) is 54.6. The highest BCUT2D eigenvalue weighted by Gasteiger charge is 2.46. The van der Waals surface area contributed by atoms with E-state index in [0.29, 0.717) is 0 Å². The van der Waals surface area contributed by atoms with E-state index in [0.717, 1.165) is 17.1 Å². The summed E-state index contributed by atoms with van der Waals surface area (Å²) in [6.07, 6.45) is 0. The molecule has 3 nitrogen and oxygen atoms in total. The highest BCUT2D eigenvalue weighted by molar-refractivity contribution is 7.33. The van der Waals surface area contributed by atoms with Crippen molar-refractivity contribution in [2.75, 3.05) is 14.7 Å². The Bertz CT molecular complexity index is 4620. The van der Waals surface area contributed by atoms with Gasteiger partial charge in [-0.3, -0.25) is 0 Å². The SMILES string of the molecule is CC(C)(C)c1ccc(N(c2ccc(C(C)(C)C)cc2)c2ccc3c(c2)N(c2cccc4c2sc2c5ccccc5ccc42)c2cccc4c2B3c2sc3ccc(C(C)(C)C)cc3c2N4c2cc3ccccc3c3ccccc23)cc1. The second kappa shape index (κ2) is 17.7. The van der Waals surface area contributed by atoms with Gasteiger partial charge in [0.15, 0.2) is 0 Å². The van der Waals surface area contributed by atoms with E-state index in [9.17, 15) is 0 Å². The summed E-state index contributed by atoms with van der Waals surface area (Å²) in [5.74, 6) is 0. The Morgan fingerprint density at radius 3 is 1.59 bits per heavy atom. The Morgan fingerprint density at radius 2 is 0.900 bits per heavy atom. The van der Waals surface area contributed by atoms with Crippen LogP contribution in [0.2, 0.25) is 0 Å². The van der Waals surface area contributed by atoms with Crippen molar-refractivity contribution in [1.29, 1.82) is 0 Å².